The molecule has 0 aliphatic carbocycles. The van der Waals surface area contributed by atoms with Gasteiger partial charge in [-0.15, -0.1) is 0 Å². The van der Waals surface area contributed by atoms with Crippen LogP contribution in [0.15, 0.2) is 47.6 Å². The lowest BCUT2D eigenvalue weighted by Gasteiger charge is -2.07. The Morgan fingerprint density at radius 3 is 2.46 bits per heavy atom. The molecule has 0 aliphatic rings. The van der Waals surface area contributed by atoms with E-state index in [-0.39, 0.29) is 18.1 Å². The smallest absolute Gasteiger partial charge is 0.335 e. The first-order valence-electron chi connectivity index (χ1n) is 7.31. The van der Waals surface area contributed by atoms with Gasteiger partial charge >= 0.3 is 5.97 Å². The van der Waals surface area contributed by atoms with Gasteiger partial charge in [-0.25, -0.2) is 10.2 Å². The van der Waals surface area contributed by atoms with Crippen molar-refractivity contribution in [1.29, 1.82) is 0 Å². The van der Waals surface area contributed by atoms with Gasteiger partial charge in [0.2, 0.25) is 0 Å². The molecule has 0 aromatic heterocycles. The molecular weight excluding hydrogens is 308 g/mol. The van der Waals surface area contributed by atoms with Crippen LogP contribution in [0.4, 0.5) is 0 Å². The van der Waals surface area contributed by atoms with Crippen molar-refractivity contribution in [2.45, 2.75) is 13.8 Å². The van der Waals surface area contributed by atoms with Crippen molar-refractivity contribution in [3.05, 3.63) is 64.7 Å². The van der Waals surface area contributed by atoms with E-state index in [0.717, 1.165) is 11.1 Å². The number of hydrazone groups is 1. The predicted molar refractivity (Wildman–Crippen MR) is 90.5 cm³/mol. The van der Waals surface area contributed by atoms with Crippen LogP contribution in [-0.2, 0) is 4.79 Å². The van der Waals surface area contributed by atoms with E-state index in [4.69, 9.17) is 9.84 Å². The van der Waals surface area contributed by atoms with Crippen LogP contribution in [-0.4, -0.2) is 29.8 Å². The highest BCUT2D eigenvalue weighted by molar-refractivity contribution is 5.89. The number of carboxylic acids is 1. The third-order valence-corrected chi connectivity index (χ3v) is 3.41. The molecular formula is C18H18N2O4. The highest BCUT2D eigenvalue weighted by Crippen LogP contribution is 2.16. The molecule has 0 saturated carbocycles. The predicted octanol–water partition coefficient (Wildman–Crippen LogP) is 2.53. The Balaban J connectivity index is 1.81. The Morgan fingerprint density at radius 2 is 1.83 bits per heavy atom. The highest BCUT2D eigenvalue weighted by Gasteiger charge is 2.03. The van der Waals surface area contributed by atoms with Gasteiger partial charge in [0.15, 0.2) is 6.61 Å². The van der Waals surface area contributed by atoms with Gasteiger partial charge in [0.05, 0.1) is 11.8 Å². The zero-order valence-corrected chi connectivity index (χ0v) is 13.4. The monoisotopic (exact) mass is 326 g/mol. The first-order chi connectivity index (χ1) is 11.5. The number of amides is 1. The summed E-state index contributed by atoms with van der Waals surface area (Å²) < 4.78 is 5.40. The fourth-order valence-corrected chi connectivity index (χ4v) is 1.88. The standard InChI is InChI=1S/C18H18N2O4/c1-12-3-8-16(9-13(12)2)24-11-17(21)20-19-10-14-4-6-15(7-5-14)18(22)23/h3-10H,11H2,1-2H3,(H,20,21)(H,22,23). The molecule has 0 atom stereocenters. The number of nitrogens with zero attached hydrogens (tertiary/aromatic N) is 1. The number of aromatic carboxylic acids is 1. The third kappa shape index (κ3) is 4.95. The molecule has 2 aromatic carbocycles. The Hall–Kier alpha value is -3.15. The summed E-state index contributed by atoms with van der Waals surface area (Å²) in [4.78, 5) is 22.4. The van der Waals surface area contributed by atoms with Crippen molar-refractivity contribution in [2.24, 2.45) is 5.10 Å². The van der Waals surface area contributed by atoms with E-state index in [1.54, 1.807) is 12.1 Å². The maximum Gasteiger partial charge on any atom is 0.335 e. The van der Waals surface area contributed by atoms with Crippen LogP contribution in [0.5, 0.6) is 5.75 Å². The second-order valence-corrected chi connectivity index (χ2v) is 5.26. The third-order valence-electron chi connectivity index (χ3n) is 3.41. The van der Waals surface area contributed by atoms with E-state index in [1.807, 2.05) is 32.0 Å². The zero-order chi connectivity index (χ0) is 17.5. The molecule has 0 aliphatic heterocycles. The van der Waals surface area contributed by atoms with E-state index in [1.165, 1.54) is 18.3 Å². The molecule has 2 rings (SSSR count). The van der Waals surface area contributed by atoms with Crippen molar-refractivity contribution in [3.8, 4) is 5.75 Å². The zero-order valence-electron chi connectivity index (χ0n) is 13.4. The van der Waals surface area contributed by atoms with Gasteiger partial charge in [-0.2, -0.15) is 5.10 Å². The lowest BCUT2D eigenvalue weighted by Crippen LogP contribution is -2.24. The molecule has 0 spiro atoms. The van der Waals surface area contributed by atoms with Gasteiger partial charge in [-0.1, -0.05) is 18.2 Å². The maximum atomic E-state index is 11.7. The first-order valence-corrected chi connectivity index (χ1v) is 7.31. The molecule has 0 radical (unpaired) electrons. The topological polar surface area (TPSA) is 88.0 Å². The number of ether oxygens (including phenoxy) is 1. The van der Waals surface area contributed by atoms with Crippen molar-refractivity contribution in [2.75, 3.05) is 6.61 Å². The number of carbonyl (C=O) groups excluding carboxylic acids is 1. The molecule has 0 bridgehead atoms. The second-order valence-electron chi connectivity index (χ2n) is 5.26. The Kier molecular flexibility index (Phi) is 5.68. The van der Waals surface area contributed by atoms with Crippen LogP contribution < -0.4 is 10.2 Å². The number of carboxylic acid groups (broad SMARTS) is 1. The number of hydrogen-bond donors (Lipinski definition) is 2. The lowest BCUT2D eigenvalue weighted by atomic mass is 10.1. The van der Waals surface area contributed by atoms with Crippen LogP contribution in [0.25, 0.3) is 0 Å². The number of aryl methyl sites for hydroxylation is 2. The molecule has 124 valence electrons. The number of nitrogens with one attached hydrogen (secondary N) is 1. The molecule has 24 heavy (non-hydrogen) atoms. The average Bonchev–Trinajstić information content (AvgIpc) is 2.56. The van der Waals surface area contributed by atoms with Gasteiger partial charge in [0, 0.05) is 0 Å². The van der Waals surface area contributed by atoms with Crippen LogP contribution in [0, 0.1) is 13.8 Å². The van der Waals surface area contributed by atoms with E-state index in [2.05, 4.69) is 10.5 Å². The molecule has 6 heteroatoms. The minimum atomic E-state index is -0.990. The van der Waals surface area contributed by atoms with Crippen LogP contribution in [0.3, 0.4) is 0 Å². The Morgan fingerprint density at radius 1 is 1.12 bits per heavy atom. The van der Waals surface area contributed by atoms with Crippen LogP contribution in [0.2, 0.25) is 0 Å². The number of hydrogen-bond acceptors (Lipinski definition) is 4. The van der Waals surface area contributed by atoms with Crippen LogP contribution in [0.1, 0.15) is 27.0 Å². The summed E-state index contributed by atoms with van der Waals surface area (Å²) in [5, 5.41) is 12.6. The normalized spacial score (nSPS) is 10.6. The summed E-state index contributed by atoms with van der Waals surface area (Å²) in [6.45, 7) is 3.84. The molecule has 0 saturated heterocycles. The van der Waals surface area contributed by atoms with Gasteiger partial charge in [0.25, 0.3) is 5.91 Å². The Bertz CT molecular complexity index is 767. The quantitative estimate of drug-likeness (QED) is 0.631. The van der Waals surface area contributed by atoms with Crippen molar-refractivity contribution < 1.29 is 19.4 Å². The number of carbonyl (C=O) groups is 2. The SMILES string of the molecule is Cc1ccc(OCC(=O)NN=Cc2ccc(C(=O)O)cc2)cc1C. The summed E-state index contributed by atoms with van der Waals surface area (Å²) in [6.07, 6.45) is 1.43. The largest absolute Gasteiger partial charge is 0.484 e. The Labute approximate surface area is 139 Å². The molecule has 2 N–H and O–H groups in total. The molecule has 0 unspecified atom stereocenters. The number of benzene rings is 2. The molecule has 6 nitrogen and oxygen atoms in total. The molecule has 0 fully saturated rings. The minimum Gasteiger partial charge on any atom is -0.484 e. The van der Waals surface area contributed by atoms with Gasteiger partial charge in [-0.3, -0.25) is 4.79 Å². The summed E-state index contributed by atoms with van der Waals surface area (Å²) >= 11 is 0. The van der Waals surface area contributed by atoms with Gasteiger partial charge in [-0.05, 0) is 54.8 Å². The van der Waals surface area contributed by atoms with E-state index < -0.39 is 5.97 Å². The van der Waals surface area contributed by atoms with E-state index in [0.29, 0.717) is 11.3 Å². The first kappa shape index (κ1) is 17.2. The summed E-state index contributed by atoms with van der Waals surface area (Å²) in [7, 11) is 0. The van der Waals surface area contributed by atoms with Crippen molar-refractivity contribution >= 4 is 18.1 Å². The minimum absolute atomic E-state index is 0.141. The van der Waals surface area contributed by atoms with Gasteiger partial charge in [0.1, 0.15) is 5.75 Å². The van der Waals surface area contributed by atoms with E-state index in [9.17, 15) is 9.59 Å². The lowest BCUT2D eigenvalue weighted by molar-refractivity contribution is -0.123. The molecule has 1 amide bonds. The van der Waals surface area contributed by atoms with Crippen LogP contribution >= 0.6 is 0 Å². The van der Waals surface area contributed by atoms with Crippen molar-refractivity contribution in [1.82, 2.24) is 5.43 Å². The second kappa shape index (κ2) is 7.92. The molecule has 0 heterocycles. The number of rotatable bonds is 6. The van der Waals surface area contributed by atoms with Gasteiger partial charge < -0.3 is 9.84 Å². The summed E-state index contributed by atoms with van der Waals surface area (Å²) in [5.74, 6) is -0.747. The summed E-state index contributed by atoms with van der Waals surface area (Å²) in [5.41, 5.74) is 5.47. The highest BCUT2D eigenvalue weighted by atomic mass is 16.5. The summed E-state index contributed by atoms with van der Waals surface area (Å²) in [6, 6.07) is 11.7. The fourth-order valence-electron chi connectivity index (χ4n) is 1.88. The fraction of sp³-hybridized carbons (Fsp3) is 0.167. The average molecular weight is 326 g/mol. The molecule has 2 aromatic rings. The van der Waals surface area contributed by atoms with E-state index >= 15 is 0 Å². The maximum absolute atomic E-state index is 11.7. The van der Waals surface area contributed by atoms with Crippen molar-refractivity contribution in [3.63, 3.8) is 0 Å².